The highest BCUT2D eigenvalue weighted by Gasteiger charge is 2.25. The first-order valence-electron chi connectivity index (χ1n) is 9.93. The second kappa shape index (κ2) is 10.4. The van der Waals surface area contributed by atoms with E-state index in [4.69, 9.17) is 4.74 Å². The molecule has 31 heavy (non-hydrogen) atoms. The molecule has 0 saturated carbocycles. The van der Waals surface area contributed by atoms with Crippen LogP contribution in [0.4, 0.5) is 9.18 Å². The van der Waals surface area contributed by atoms with Crippen LogP contribution in [0.15, 0.2) is 48.5 Å². The van der Waals surface area contributed by atoms with Gasteiger partial charge in [-0.05, 0) is 42.0 Å². The molecule has 1 aliphatic heterocycles. The largest absolute Gasteiger partial charge is 0.497 e. The highest BCUT2D eigenvalue weighted by atomic mass is 19.1. The second-order valence-electron chi connectivity index (χ2n) is 7.06. The van der Waals surface area contributed by atoms with Crippen LogP contribution >= 0.6 is 0 Å². The lowest BCUT2D eigenvalue weighted by atomic mass is 10.1. The maximum Gasteiger partial charge on any atom is 0.315 e. The van der Waals surface area contributed by atoms with E-state index < -0.39 is 6.03 Å². The molecular weight excluding hydrogens is 403 g/mol. The first-order valence-corrected chi connectivity index (χ1v) is 9.93. The summed E-state index contributed by atoms with van der Waals surface area (Å²) in [6, 6.07) is 12.2. The van der Waals surface area contributed by atoms with Crippen LogP contribution in [0.3, 0.4) is 0 Å². The number of piperazine rings is 1. The Hall–Kier alpha value is -3.62. The molecule has 2 aromatic rings. The Bertz CT molecular complexity index is 910. The van der Waals surface area contributed by atoms with Gasteiger partial charge in [-0.25, -0.2) is 9.18 Å². The highest BCUT2D eigenvalue weighted by molar-refractivity contribution is 5.94. The van der Waals surface area contributed by atoms with Crippen molar-refractivity contribution in [1.82, 2.24) is 20.4 Å². The van der Waals surface area contributed by atoms with Crippen molar-refractivity contribution in [2.24, 2.45) is 0 Å². The lowest BCUT2D eigenvalue weighted by Gasteiger charge is -2.34. The average Bonchev–Trinajstić information content (AvgIpc) is 2.82. The number of halogens is 1. The quantitative estimate of drug-likeness (QED) is 0.732. The fourth-order valence-corrected chi connectivity index (χ4v) is 3.19. The number of hydrogen-bond donors (Lipinski definition) is 2. The van der Waals surface area contributed by atoms with Crippen molar-refractivity contribution in [3.05, 3.63) is 65.5 Å². The minimum absolute atomic E-state index is 0.0898. The van der Waals surface area contributed by atoms with Gasteiger partial charge in [0.05, 0.1) is 13.7 Å². The third kappa shape index (κ3) is 6.18. The molecule has 3 rings (SSSR count). The van der Waals surface area contributed by atoms with Gasteiger partial charge in [0.25, 0.3) is 5.91 Å². The van der Waals surface area contributed by atoms with Gasteiger partial charge < -0.3 is 25.2 Å². The molecule has 0 spiro atoms. The third-order valence-corrected chi connectivity index (χ3v) is 5.02. The number of urea groups is 1. The summed E-state index contributed by atoms with van der Waals surface area (Å²) >= 11 is 0. The number of rotatable bonds is 6. The molecule has 164 valence electrons. The van der Waals surface area contributed by atoms with Gasteiger partial charge in [-0.2, -0.15) is 0 Å². The number of benzene rings is 2. The van der Waals surface area contributed by atoms with Crippen LogP contribution in [0.2, 0.25) is 0 Å². The average molecular weight is 428 g/mol. The van der Waals surface area contributed by atoms with Crippen molar-refractivity contribution in [1.29, 1.82) is 0 Å². The summed E-state index contributed by atoms with van der Waals surface area (Å²) in [5, 5.41) is 5.14. The van der Waals surface area contributed by atoms with Crippen molar-refractivity contribution in [3.63, 3.8) is 0 Å². The fourth-order valence-electron chi connectivity index (χ4n) is 3.19. The van der Waals surface area contributed by atoms with Crippen molar-refractivity contribution >= 4 is 17.8 Å². The van der Waals surface area contributed by atoms with Crippen molar-refractivity contribution in [3.8, 4) is 5.75 Å². The molecule has 0 bridgehead atoms. The summed E-state index contributed by atoms with van der Waals surface area (Å²) in [6.45, 7) is 1.74. The monoisotopic (exact) mass is 428 g/mol. The number of nitrogens with zero attached hydrogens (tertiary/aromatic N) is 2. The topological polar surface area (TPSA) is 91.0 Å². The molecule has 1 fully saturated rings. The van der Waals surface area contributed by atoms with E-state index in [0.717, 1.165) is 5.56 Å². The zero-order chi connectivity index (χ0) is 22.2. The zero-order valence-electron chi connectivity index (χ0n) is 17.3. The number of nitrogens with one attached hydrogen (secondary N) is 2. The number of carbonyl (C=O) groups excluding carboxylic acids is 3. The highest BCUT2D eigenvalue weighted by Crippen LogP contribution is 2.14. The summed E-state index contributed by atoms with van der Waals surface area (Å²) in [7, 11) is 1.57. The molecule has 0 unspecified atom stereocenters. The molecule has 2 aromatic carbocycles. The summed E-state index contributed by atoms with van der Waals surface area (Å²) in [5.74, 6) is 0.0345. The molecule has 0 aliphatic carbocycles. The second-order valence-corrected chi connectivity index (χ2v) is 7.06. The Kier molecular flexibility index (Phi) is 7.42. The van der Waals surface area contributed by atoms with E-state index in [0.29, 0.717) is 37.5 Å². The molecule has 4 amide bonds. The van der Waals surface area contributed by atoms with Crippen molar-refractivity contribution in [2.45, 2.75) is 6.54 Å². The van der Waals surface area contributed by atoms with Gasteiger partial charge >= 0.3 is 6.03 Å². The van der Waals surface area contributed by atoms with Crippen molar-refractivity contribution < 1.29 is 23.5 Å². The van der Waals surface area contributed by atoms with Crippen LogP contribution in [0.1, 0.15) is 15.9 Å². The molecule has 9 heteroatoms. The summed E-state index contributed by atoms with van der Waals surface area (Å²) in [6.07, 6.45) is 0. The third-order valence-electron chi connectivity index (χ3n) is 5.02. The minimum Gasteiger partial charge on any atom is -0.497 e. The number of ether oxygens (including phenoxy) is 1. The normalized spacial score (nSPS) is 13.5. The van der Waals surface area contributed by atoms with Gasteiger partial charge in [0.2, 0.25) is 5.91 Å². The standard InChI is InChI=1S/C22H25FN4O4/c1-31-19-8-4-17(5-9-19)21(29)27-12-10-26(11-13-27)20(28)15-25-22(30)24-14-16-2-6-18(23)7-3-16/h2-9H,10-15H2,1H3,(H2,24,25,30). The predicted octanol–water partition coefficient (Wildman–Crippen LogP) is 1.62. The van der Waals surface area contributed by atoms with Crippen molar-refractivity contribution in [2.75, 3.05) is 39.8 Å². The molecule has 0 atom stereocenters. The Labute approximate surface area is 180 Å². The summed E-state index contributed by atoms with van der Waals surface area (Å²) in [4.78, 5) is 40.2. The Morgan fingerprint density at radius 1 is 0.903 bits per heavy atom. The number of methoxy groups -OCH3 is 1. The molecule has 1 saturated heterocycles. The van der Waals surface area contributed by atoms with Crippen LogP contribution in [-0.2, 0) is 11.3 Å². The SMILES string of the molecule is COc1ccc(C(=O)N2CCN(C(=O)CNC(=O)NCc3ccc(F)cc3)CC2)cc1. The van der Waals surface area contributed by atoms with Gasteiger partial charge in [-0.15, -0.1) is 0 Å². The van der Waals surface area contributed by atoms with Gasteiger partial charge in [0.15, 0.2) is 0 Å². The van der Waals surface area contributed by atoms with E-state index in [9.17, 15) is 18.8 Å². The predicted molar refractivity (Wildman–Crippen MR) is 112 cm³/mol. The van der Waals surface area contributed by atoms with Crippen LogP contribution in [0, 0.1) is 5.82 Å². The Morgan fingerprint density at radius 2 is 1.52 bits per heavy atom. The van der Waals surface area contributed by atoms with E-state index >= 15 is 0 Å². The maximum atomic E-state index is 12.9. The summed E-state index contributed by atoms with van der Waals surface area (Å²) in [5.41, 5.74) is 1.32. The number of hydrogen-bond acceptors (Lipinski definition) is 4. The van der Waals surface area contributed by atoms with Crippen LogP contribution in [0.5, 0.6) is 5.75 Å². The molecule has 0 radical (unpaired) electrons. The Morgan fingerprint density at radius 3 is 2.13 bits per heavy atom. The lowest BCUT2D eigenvalue weighted by molar-refractivity contribution is -0.131. The van der Waals surface area contributed by atoms with Gasteiger partial charge in [-0.3, -0.25) is 9.59 Å². The molecule has 0 aromatic heterocycles. The minimum atomic E-state index is -0.481. The molecule has 1 aliphatic rings. The fraction of sp³-hybridized carbons (Fsp3) is 0.318. The van der Waals surface area contributed by atoms with Crippen LogP contribution in [-0.4, -0.2) is 67.5 Å². The Balaban J connectivity index is 1.38. The van der Waals surface area contributed by atoms with Crippen LogP contribution in [0.25, 0.3) is 0 Å². The van der Waals surface area contributed by atoms with E-state index in [-0.39, 0.29) is 30.7 Å². The van der Waals surface area contributed by atoms with E-state index in [2.05, 4.69) is 10.6 Å². The zero-order valence-corrected chi connectivity index (χ0v) is 17.3. The van der Waals surface area contributed by atoms with Gasteiger partial charge in [-0.1, -0.05) is 12.1 Å². The number of amides is 4. The first-order chi connectivity index (χ1) is 15.0. The first kappa shape index (κ1) is 22.1. The summed E-state index contributed by atoms with van der Waals surface area (Å²) < 4.78 is 18.0. The van der Waals surface area contributed by atoms with E-state index in [1.807, 2.05) is 0 Å². The molecular formula is C22H25FN4O4. The molecule has 8 nitrogen and oxygen atoms in total. The maximum absolute atomic E-state index is 12.9. The lowest BCUT2D eigenvalue weighted by Crippen LogP contribution is -2.53. The molecule has 2 N–H and O–H groups in total. The van der Waals surface area contributed by atoms with Gasteiger partial charge in [0.1, 0.15) is 11.6 Å². The molecule has 1 heterocycles. The van der Waals surface area contributed by atoms with E-state index in [1.165, 1.54) is 12.1 Å². The van der Waals surface area contributed by atoms with E-state index in [1.54, 1.807) is 53.3 Å². The van der Waals surface area contributed by atoms with Crippen LogP contribution < -0.4 is 15.4 Å². The smallest absolute Gasteiger partial charge is 0.315 e. The number of carbonyl (C=O) groups is 3. The van der Waals surface area contributed by atoms with Gasteiger partial charge in [0, 0.05) is 38.3 Å².